The van der Waals surface area contributed by atoms with Crippen molar-refractivity contribution in [3.63, 3.8) is 0 Å². The summed E-state index contributed by atoms with van der Waals surface area (Å²) in [5, 5.41) is 7.02. The molecule has 5 aromatic carbocycles. The highest BCUT2D eigenvalue weighted by atomic mass is 32.2. The zero-order chi connectivity index (χ0) is 36.4. The number of ether oxygens (including phenoxy) is 2. The summed E-state index contributed by atoms with van der Waals surface area (Å²) >= 11 is 1.13. The molecule has 0 bridgehead atoms. The molecule has 0 aliphatic carbocycles. The van der Waals surface area contributed by atoms with Crippen LogP contribution in [0.5, 0.6) is 11.5 Å². The molecule has 0 radical (unpaired) electrons. The first-order valence-corrected chi connectivity index (χ1v) is 16.3. The number of methoxy groups -OCH3 is 2. The number of hydrogen-bond acceptors (Lipinski definition) is 6. The lowest BCUT2D eigenvalue weighted by atomic mass is 10.1. The number of amides is 3. The summed E-state index contributed by atoms with van der Waals surface area (Å²) in [4.78, 5) is 40.8. The van der Waals surface area contributed by atoms with Gasteiger partial charge in [-0.05, 0) is 72.3 Å². The molecule has 0 saturated heterocycles. The van der Waals surface area contributed by atoms with Crippen LogP contribution in [0.4, 0.5) is 24.5 Å². The number of para-hydroxylation sites is 1. The smallest absolute Gasteiger partial charge is 0.418 e. The van der Waals surface area contributed by atoms with Gasteiger partial charge in [0, 0.05) is 27.8 Å². The molecular formula is C39H32F3N3O5S. The fourth-order valence-corrected chi connectivity index (χ4v) is 5.95. The van der Waals surface area contributed by atoms with Crippen LogP contribution < -0.4 is 25.4 Å². The van der Waals surface area contributed by atoms with Crippen molar-refractivity contribution < 1.29 is 37.0 Å². The van der Waals surface area contributed by atoms with Crippen LogP contribution in [0.1, 0.15) is 32.3 Å². The van der Waals surface area contributed by atoms with Crippen LogP contribution in [-0.4, -0.2) is 31.9 Å². The molecule has 0 saturated carbocycles. The molecule has 12 heteroatoms. The Morgan fingerprint density at radius 2 is 1.39 bits per heavy atom. The summed E-state index contributed by atoms with van der Waals surface area (Å²) in [6.45, 7) is 0. The van der Waals surface area contributed by atoms with Gasteiger partial charge in [-0.2, -0.15) is 13.2 Å². The SMILES string of the molecule is COc1ccc(/C=C(\NC(=O)c2ccccc2)C(=O)Nc2ccc(SC(C(=O)Nc3ccccc3C(F)(F)F)c3ccccc3)cc2)c(OC)c1. The van der Waals surface area contributed by atoms with Crippen LogP contribution in [0, 0.1) is 0 Å². The van der Waals surface area contributed by atoms with Crippen LogP contribution in [0.25, 0.3) is 6.08 Å². The van der Waals surface area contributed by atoms with Crippen LogP contribution >= 0.6 is 11.8 Å². The standard InChI is InChI=1S/C39H32F3N3O5S/c1-49-29-20-17-27(34(24-29)50-2)23-33(45-36(46)26-13-7-4-8-14-26)37(47)43-28-18-21-30(22-19-28)51-35(25-11-5-3-6-12-25)38(48)44-32-16-10-9-15-31(32)39(40,41)42/h3-24,35H,1-2H3,(H,43,47)(H,44,48)(H,45,46)/b33-23-. The second kappa shape index (κ2) is 16.6. The van der Waals surface area contributed by atoms with Crippen molar-refractivity contribution in [1.82, 2.24) is 5.32 Å². The second-order valence-electron chi connectivity index (χ2n) is 10.9. The van der Waals surface area contributed by atoms with Gasteiger partial charge in [0.2, 0.25) is 5.91 Å². The van der Waals surface area contributed by atoms with E-state index in [1.54, 1.807) is 103 Å². The molecule has 3 amide bonds. The van der Waals surface area contributed by atoms with Gasteiger partial charge < -0.3 is 25.4 Å². The Morgan fingerprint density at radius 1 is 0.745 bits per heavy atom. The summed E-state index contributed by atoms with van der Waals surface area (Å²) in [6, 6.07) is 33.5. The molecule has 260 valence electrons. The molecule has 0 fully saturated rings. The van der Waals surface area contributed by atoms with Crippen LogP contribution in [0.15, 0.2) is 138 Å². The van der Waals surface area contributed by atoms with Crippen LogP contribution in [-0.2, 0) is 15.8 Å². The molecule has 1 unspecified atom stereocenters. The minimum Gasteiger partial charge on any atom is -0.497 e. The van der Waals surface area contributed by atoms with Gasteiger partial charge in [-0.25, -0.2) is 0 Å². The number of carbonyl (C=O) groups excluding carboxylic acids is 3. The normalized spacial score (nSPS) is 12.0. The first-order chi connectivity index (χ1) is 24.5. The van der Waals surface area contributed by atoms with E-state index in [1.807, 2.05) is 0 Å². The van der Waals surface area contributed by atoms with E-state index >= 15 is 0 Å². The lowest BCUT2D eigenvalue weighted by Gasteiger charge is -2.19. The Bertz CT molecular complexity index is 2020. The van der Waals surface area contributed by atoms with Crippen LogP contribution in [0.3, 0.4) is 0 Å². The minimum absolute atomic E-state index is 0.0641. The largest absolute Gasteiger partial charge is 0.497 e. The maximum atomic E-state index is 13.6. The van der Waals surface area contributed by atoms with Gasteiger partial charge in [0.05, 0.1) is 25.5 Å². The van der Waals surface area contributed by atoms with E-state index in [4.69, 9.17) is 9.47 Å². The van der Waals surface area contributed by atoms with Gasteiger partial charge in [0.15, 0.2) is 0 Å². The number of thioether (sulfide) groups is 1. The molecule has 8 nitrogen and oxygen atoms in total. The average molecular weight is 712 g/mol. The van der Waals surface area contributed by atoms with Gasteiger partial charge in [-0.3, -0.25) is 14.4 Å². The topological polar surface area (TPSA) is 106 Å². The van der Waals surface area contributed by atoms with E-state index in [-0.39, 0.29) is 11.4 Å². The Balaban J connectivity index is 1.37. The third-order valence-corrected chi connectivity index (χ3v) is 8.73. The number of halogens is 3. The molecule has 51 heavy (non-hydrogen) atoms. The molecule has 1 atom stereocenters. The summed E-state index contributed by atoms with van der Waals surface area (Å²) < 4.78 is 51.7. The van der Waals surface area contributed by atoms with Gasteiger partial charge in [-0.15, -0.1) is 11.8 Å². The lowest BCUT2D eigenvalue weighted by molar-refractivity contribution is -0.137. The summed E-state index contributed by atoms with van der Waals surface area (Å²) in [5.74, 6) is -0.812. The maximum Gasteiger partial charge on any atom is 0.418 e. The molecular weight excluding hydrogens is 680 g/mol. The molecule has 5 rings (SSSR count). The average Bonchev–Trinajstić information content (AvgIpc) is 3.14. The van der Waals surface area contributed by atoms with Crippen molar-refractivity contribution in [1.29, 1.82) is 0 Å². The van der Waals surface area contributed by atoms with Crippen molar-refractivity contribution >= 4 is 46.9 Å². The minimum atomic E-state index is -4.65. The predicted molar refractivity (Wildman–Crippen MR) is 192 cm³/mol. The Morgan fingerprint density at radius 3 is 2.04 bits per heavy atom. The number of alkyl halides is 3. The molecule has 0 heterocycles. The fourth-order valence-electron chi connectivity index (χ4n) is 4.93. The van der Waals surface area contributed by atoms with E-state index < -0.39 is 34.7 Å². The van der Waals surface area contributed by atoms with E-state index in [1.165, 1.54) is 38.5 Å². The Hall–Kier alpha value is -6.01. The second-order valence-corrected chi connectivity index (χ2v) is 12.1. The van der Waals surface area contributed by atoms with E-state index in [0.29, 0.717) is 38.8 Å². The van der Waals surface area contributed by atoms with E-state index in [2.05, 4.69) is 16.0 Å². The monoisotopic (exact) mass is 711 g/mol. The molecule has 0 spiro atoms. The van der Waals surface area contributed by atoms with Crippen molar-refractivity contribution in [2.24, 2.45) is 0 Å². The first-order valence-electron chi connectivity index (χ1n) is 15.5. The number of carbonyl (C=O) groups is 3. The zero-order valence-corrected chi connectivity index (χ0v) is 28.2. The van der Waals surface area contributed by atoms with Crippen LogP contribution in [0.2, 0.25) is 0 Å². The highest BCUT2D eigenvalue weighted by molar-refractivity contribution is 8.00. The molecule has 3 N–H and O–H groups in total. The third-order valence-electron chi connectivity index (χ3n) is 7.47. The van der Waals surface area contributed by atoms with Gasteiger partial charge >= 0.3 is 6.18 Å². The number of anilines is 2. The number of rotatable bonds is 12. The summed E-state index contributed by atoms with van der Waals surface area (Å²) in [5.41, 5.74) is 0.458. The first kappa shape index (κ1) is 36.3. The van der Waals surface area contributed by atoms with Gasteiger partial charge in [0.25, 0.3) is 11.8 Å². The summed E-state index contributed by atoms with van der Waals surface area (Å²) in [7, 11) is 2.99. The molecule has 0 aromatic heterocycles. The highest BCUT2D eigenvalue weighted by Crippen LogP contribution is 2.39. The number of nitrogens with one attached hydrogen (secondary N) is 3. The summed E-state index contributed by atoms with van der Waals surface area (Å²) in [6.07, 6.45) is -3.17. The van der Waals surface area contributed by atoms with Gasteiger partial charge in [-0.1, -0.05) is 60.7 Å². The zero-order valence-electron chi connectivity index (χ0n) is 27.4. The quantitative estimate of drug-likeness (QED) is 0.0885. The number of hydrogen-bond donors (Lipinski definition) is 3. The van der Waals surface area contributed by atoms with Gasteiger partial charge in [0.1, 0.15) is 22.4 Å². The Labute approximate surface area is 296 Å². The Kier molecular flexibility index (Phi) is 11.8. The van der Waals surface area contributed by atoms with Crippen molar-refractivity contribution in [2.45, 2.75) is 16.3 Å². The predicted octanol–water partition coefficient (Wildman–Crippen LogP) is 8.60. The maximum absolute atomic E-state index is 13.6. The fraction of sp³-hybridized carbons (Fsp3) is 0.103. The lowest BCUT2D eigenvalue weighted by Crippen LogP contribution is -2.30. The van der Waals surface area contributed by atoms with Crippen molar-refractivity contribution in [3.05, 3.63) is 155 Å². The van der Waals surface area contributed by atoms with E-state index in [9.17, 15) is 27.6 Å². The molecule has 0 aliphatic heterocycles. The van der Waals surface area contributed by atoms with Crippen molar-refractivity contribution in [2.75, 3.05) is 24.9 Å². The highest BCUT2D eigenvalue weighted by Gasteiger charge is 2.34. The molecule has 0 aliphatic rings. The van der Waals surface area contributed by atoms with Crippen molar-refractivity contribution in [3.8, 4) is 11.5 Å². The third kappa shape index (κ3) is 9.58. The number of benzene rings is 5. The van der Waals surface area contributed by atoms with E-state index in [0.717, 1.165) is 17.8 Å². The molecule has 5 aromatic rings.